The second-order valence-electron chi connectivity index (χ2n) is 8.51. The van der Waals surface area contributed by atoms with E-state index in [1.54, 1.807) is 28.7 Å². The molecule has 0 radical (unpaired) electrons. The third kappa shape index (κ3) is 4.69. The van der Waals surface area contributed by atoms with Gasteiger partial charge < -0.3 is 20.1 Å². The van der Waals surface area contributed by atoms with E-state index in [0.717, 1.165) is 18.4 Å². The van der Waals surface area contributed by atoms with Crippen LogP contribution in [0.25, 0.3) is 17.0 Å². The van der Waals surface area contributed by atoms with Crippen molar-refractivity contribution in [1.82, 2.24) is 24.3 Å². The molecule has 1 aliphatic heterocycles. The van der Waals surface area contributed by atoms with Gasteiger partial charge in [0.15, 0.2) is 0 Å². The molecule has 0 bridgehead atoms. The molecule has 4 aromatic rings. The highest BCUT2D eigenvalue weighted by atomic mass is 35.5. The molecule has 0 aliphatic carbocycles. The molecule has 1 saturated heterocycles. The second-order valence-corrected chi connectivity index (χ2v) is 8.91. The summed E-state index contributed by atoms with van der Waals surface area (Å²) in [4.78, 5) is 26.6. The van der Waals surface area contributed by atoms with Gasteiger partial charge >= 0.3 is 0 Å². The molecule has 11 heteroatoms. The number of fused-ring (bicyclic) bond motifs is 1. The van der Waals surface area contributed by atoms with Gasteiger partial charge in [-0.2, -0.15) is 0 Å². The topological polar surface area (TPSA) is 105 Å². The smallest absolute Gasteiger partial charge is 0.248 e. The molecule has 1 aromatic carbocycles. The van der Waals surface area contributed by atoms with Crippen LogP contribution in [-0.4, -0.2) is 62.1 Å². The number of nitrogens with zero attached hydrogens (tertiary/aromatic N) is 5. The third-order valence-corrected chi connectivity index (χ3v) is 6.66. The average Bonchev–Trinajstić information content (AvgIpc) is 3.32. The van der Waals surface area contributed by atoms with Crippen molar-refractivity contribution >= 4 is 34.8 Å². The van der Waals surface area contributed by atoms with Crippen LogP contribution in [0.3, 0.4) is 0 Å². The summed E-state index contributed by atoms with van der Waals surface area (Å²) in [6.07, 6.45) is 6.01. The van der Waals surface area contributed by atoms with Crippen molar-refractivity contribution in [2.75, 3.05) is 32.1 Å². The number of hydrogen-bond donors (Lipinski definition) is 2. The van der Waals surface area contributed by atoms with E-state index in [0.29, 0.717) is 52.5 Å². The van der Waals surface area contributed by atoms with Crippen molar-refractivity contribution in [3.63, 3.8) is 0 Å². The highest BCUT2D eigenvalue weighted by Crippen LogP contribution is 2.35. The second kappa shape index (κ2) is 10.1. The third-order valence-electron chi connectivity index (χ3n) is 6.38. The zero-order chi connectivity index (χ0) is 25.2. The monoisotopic (exact) mass is 510 g/mol. The number of hydrogen-bond acceptors (Lipinski definition) is 7. The maximum atomic E-state index is 13.8. The van der Waals surface area contributed by atoms with Gasteiger partial charge in [-0.1, -0.05) is 17.7 Å². The van der Waals surface area contributed by atoms with E-state index in [1.165, 1.54) is 18.5 Å². The molecule has 1 aliphatic rings. The number of aliphatic hydroxyl groups is 1. The zero-order valence-corrected chi connectivity index (χ0v) is 20.2. The number of likely N-dealkylation sites (tertiary alicyclic amines) is 1. The van der Waals surface area contributed by atoms with Crippen molar-refractivity contribution < 1.29 is 19.0 Å². The van der Waals surface area contributed by atoms with Crippen LogP contribution in [0.15, 0.2) is 48.9 Å². The van der Waals surface area contributed by atoms with Crippen LogP contribution in [0.2, 0.25) is 5.02 Å². The number of piperidine rings is 1. The first-order valence-corrected chi connectivity index (χ1v) is 11.8. The van der Waals surface area contributed by atoms with Crippen molar-refractivity contribution in [2.45, 2.75) is 18.8 Å². The van der Waals surface area contributed by atoms with Crippen LogP contribution >= 0.6 is 11.6 Å². The van der Waals surface area contributed by atoms with E-state index in [1.807, 2.05) is 18.2 Å². The Bertz CT molecular complexity index is 1420. The van der Waals surface area contributed by atoms with Gasteiger partial charge in [0.1, 0.15) is 29.5 Å². The number of nitrogens with one attached hydrogen (secondary N) is 1. The van der Waals surface area contributed by atoms with Crippen LogP contribution in [0, 0.1) is 5.82 Å². The molecule has 0 atom stereocenters. The maximum Gasteiger partial charge on any atom is 0.248 e. The zero-order valence-electron chi connectivity index (χ0n) is 19.5. The summed E-state index contributed by atoms with van der Waals surface area (Å²) in [6.45, 7) is 0.767. The number of anilines is 2. The Morgan fingerprint density at radius 2 is 2.03 bits per heavy atom. The Balaban J connectivity index is 1.38. The molecule has 3 aromatic heterocycles. The lowest BCUT2D eigenvalue weighted by Gasteiger charge is -2.32. The lowest BCUT2D eigenvalue weighted by atomic mass is 9.89. The van der Waals surface area contributed by atoms with Crippen molar-refractivity contribution in [2.24, 2.45) is 0 Å². The van der Waals surface area contributed by atoms with Gasteiger partial charge in [0, 0.05) is 19.3 Å². The van der Waals surface area contributed by atoms with Gasteiger partial charge in [0.2, 0.25) is 11.9 Å². The first-order valence-electron chi connectivity index (χ1n) is 11.5. The first-order chi connectivity index (χ1) is 17.5. The lowest BCUT2D eigenvalue weighted by molar-refractivity contribution is -0.135. The normalized spacial score (nSPS) is 14.3. The van der Waals surface area contributed by atoms with Crippen LogP contribution in [0.4, 0.5) is 16.0 Å². The number of imidazole rings is 1. The molecule has 0 saturated carbocycles. The quantitative estimate of drug-likeness (QED) is 0.403. The van der Waals surface area contributed by atoms with Crippen LogP contribution in [-0.2, 0) is 4.79 Å². The summed E-state index contributed by atoms with van der Waals surface area (Å²) in [5, 5.41) is 12.6. The van der Waals surface area contributed by atoms with Crippen LogP contribution < -0.4 is 10.1 Å². The van der Waals surface area contributed by atoms with E-state index in [4.69, 9.17) is 21.4 Å². The molecule has 2 N–H and O–H groups in total. The molecule has 4 heterocycles. The SMILES string of the molecule is COc1cc(C2CCN(C(=O)CO)CC2)ccc1Nc1ncc(Cl)c(-c2cnc3ccc(F)cn23)n1. The Hall–Kier alpha value is -3.76. The largest absolute Gasteiger partial charge is 0.495 e. The maximum absolute atomic E-state index is 13.8. The summed E-state index contributed by atoms with van der Waals surface area (Å²) in [7, 11) is 1.59. The number of aliphatic hydroxyl groups excluding tert-OH is 1. The number of benzene rings is 1. The molecule has 186 valence electrons. The van der Waals surface area contributed by atoms with Gasteiger partial charge in [-0.05, 0) is 48.6 Å². The fourth-order valence-electron chi connectivity index (χ4n) is 4.48. The van der Waals surface area contributed by atoms with E-state index in [9.17, 15) is 9.18 Å². The number of halogens is 2. The lowest BCUT2D eigenvalue weighted by Crippen LogP contribution is -2.39. The van der Waals surface area contributed by atoms with Gasteiger partial charge in [0.25, 0.3) is 0 Å². The molecular weight excluding hydrogens is 487 g/mol. The van der Waals surface area contributed by atoms with Crippen molar-refractivity contribution in [1.29, 1.82) is 0 Å². The molecule has 0 unspecified atom stereocenters. The summed E-state index contributed by atoms with van der Waals surface area (Å²) in [5.74, 6) is 0.563. The van der Waals surface area contributed by atoms with Gasteiger partial charge in [-0.3, -0.25) is 9.20 Å². The molecule has 36 heavy (non-hydrogen) atoms. The number of carbonyl (C=O) groups excluding carboxylic acids is 1. The molecule has 9 nitrogen and oxygen atoms in total. The van der Waals surface area contributed by atoms with E-state index < -0.39 is 12.4 Å². The van der Waals surface area contributed by atoms with Crippen molar-refractivity contribution in [3.8, 4) is 17.1 Å². The molecule has 0 spiro atoms. The van der Waals surface area contributed by atoms with Gasteiger partial charge in [-0.15, -0.1) is 0 Å². The van der Waals surface area contributed by atoms with Crippen LogP contribution in [0.5, 0.6) is 5.75 Å². The summed E-state index contributed by atoms with van der Waals surface area (Å²) < 4.78 is 21.0. The molecule has 1 fully saturated rings. The standard InChI is InChI=1S/C25H24ClFN6O3/c1-36-21-10-16(15-6-8-32(9-7-15)23(35)14-34)2-4-19(21)30-25-29-11-18(26)24(31-25)20-12-28-22-5-3-17(27)13-33(20)22/h2-5,10-13,15,34H,6-9,14H2,1H3,(H,29,30,31). The highest BCUT2D eigenvalue weighted by Gasteiger charge is 2.24. The number of aromatic nitrogens is 4. The minimum Gasteiger partial charge on any atom is -0.495 e. The molecule has 5 rings (SSSR count). The molecular formula is C25H24ClFN6O3. The number of ether oxygens (including phenoxy) is 1. The van der Waals surface area contributed by atoms with Gasteiger partial charge in [0.05, 0.1) is 35.9 Å². The Kier molecular flexibility index (Phi) is 6.71. The van der Waals surface area contributed by atoms with Gasteiger partial charge in [-0.25, -0.2) is 19.3 Å². The number of carbonyl (C=O) groups is 1. The van der Waals surface area contributed by atoms with E-state index in [2.05, 4.69) is 20.3 Å². The Morgan fingerprint density at radius 3 is 2.78 bits per heavy atom. The highest BCUT2D eigenvalue weighted by molar-refractivity contribution is 6.32. The first kappa shape index (κ1) is 24.0. The number of amides is 1. The Morgan fingerprint density at radius 1 is 1.22 bits per heavy atom. The van der Waals surface area contributed by atoms with Crippen molar-refractivity contribution in [3.05, 3.63) is 65.3 Å². The summed E-state index contributed by atoms with van der Waals surface area (Å²) >= 11 is 6.38. The van der Waals surface area contributed by atoms with E-state index in [-0.39, 0.29) is 11.8 Å². The fourth-order valence-corrected chi connectivity index (χ4v) is 4.67. The summed E-state index contributed by atoms with van der Waals surface area (Å²) in [5.41, 5.74) is 3.30. The minimum atomic E-state index is -0.457. The number of rotatable bonds is 6. The average molecular weight is 511 g/mol. The Labute approximate surface area is 211 Å². The number of methoxy groups -OCH3 is 1. The predicted octanol–water partition coefficient (Wildman–Crippen LogP) is 4.03. The minimum absolute atomic E-state index is 0.234. The van der Waals surface area contributed by atoms with E-state index >= 15 is 0 Å². The fraction of sp³-hybridized carbons (Fsp3) is 0.280. The molecule has 1 amide bonds. The summed E-state index contributed by atoms with van der Waals surface area (Å²) in [6, 6.07) is 8.81. The number of pyridine rings is 1. The predicted molar refractivity (Wildman–Crippen MR) is 133 cm³/mol. The van der Waals surface area contributed by atoms with Crippen LogP contribution in [0.1, 0.15) is 24.3 Å².